The molecule has 96 valence electrons. The van der Waals surface area contributed by atoms with E-state index in [1.54, 1.807) is 12.1 Å². The Hall–Kier alpha value is -1.52. The predicted octanol–water partition coefficient (Wildman–Crippen LogP) is 2.29. The van der Waals surface area contributed by atoms with Crippen LogP contribution in [0.2, 0.25) is 5.02 Å². The Morgan fingerprint density at radius 3 is 2.83 bits per heavy atom. The van der Waals surface area contributed by atoms with E-state index < -0.39 is 5.54 Å². The van der Waals surface area contributed by atoms with Gasteiger partial charge in [-0.1, -0.05) is 11.6 Å². The number of hydrogen-bond donors (Lipinski definition) is 3. The van der Waals surface area contributed by atoms with E-state index >= 15 is 0 Å². The van der Waals surface area contributed by atoms with Gasteiger partial charge in [0.15, 0.2) is 0 Å². The minimum atomic E-state index is -0.426. The number of halogens is 1. The number of amides is 1. The minimum absolute atomic E-state index is 0.166. The monoisotopic (exact) mass is 265 g/mol. The quantitative estimate of drug-likeness (QED) is 0.797. The van der Waals surface area contributed by atoms with Crippen LogP contribution in [0.4, 0.5) is 0 Å². The van der Waals surface area contributed by atoms with Crippen LogP contribution >= 0.6 is 11.6 Å². The molecule has 0 radical (unpaired) electrons. The van der Waals surface area contributed by atoms with Crippen molar-refractivity contribution in [1.29, 1.82) is 0 Å². The average Bonchev–Trinajstić information content (AvgIpc) is 2.67. The number of carbonyl (C=O) groups excluding carboxylic acids is 1. The Kier molecular flexibility index (Phi) is 3.32. The van der Waals surface area contributed by atoms with Crippen molar-refractivity contribution in [2.24, 2.45) is 5.73 Å². The normalized spacial score (nSPS) is 11.8. The molecule has 2 rings (SSSR count). The van der Waals surface area contributed by atoms with Gasteiger partial charge in [0.2, 0.25) is 0 Å². The number of carbonyl (C=O) groups is 1. The summed E-state index contributed by atoms with van der Waals surface area (Å²) in [5.74, 6) is -0.166. The maximum Gasteiger partial charge on any atom is 0.267 e. The lowest BCUT2D eigenvalue weighted by atomic mass is 10.1. The number of rotatable bonds is 3. The zero-order valence-corrected chi connectivity index (χ0v) is 11.1. The van der Waals surface area contributed by atoms with Crippen LogP contribution in [-0.4, -0.2) is 23.0 Å². The van der Waals surface area contributed by atoms with Crippen molar-refractivity contribution in [3.05, 3.63) is 35.0 Å². The number of aromatic nitrogens is 1. The fraction of sp³-hybridized carbons (Fsp3) is 0.308. The Labute approximate surface area is 111 Å². The number of benzene rings is 1. The molecular weight excluding hydrogens is 250 g/mol. The molecule has 0 bridgehead atoms. The fourth-order valence-corrected chi connectivity index (χ4v) is 1.81. The van der Waals surface area contributed by atoms with E-state index in [4.69, 9.17) is 17.3 Å². The number of nitrogens with two attached hydrogens (primary N) is 1. The molecular formula is C13H16ClN3O. The van der Waals surface area contributed by atoms with Crippen LogP contribution < -0.4 is 11.1 Å². The van der Waals surface area contributed by atoms with Gasteiger partial charge in [-0.25, -0.2) is 0 Å². The maximum atomic E-state index is 11.9. The van der Waals surface area contributed by atoms with Crippen LogP contribution in [0, 0.1) is 0 Å². The van der Waals surface area contributed by atoms with E-state index in [-0.39, 0.29) is 5.91 Å². The molecule has 1 aromatic heterocycles. The van der Waals surface area contributed by atoms with Gasteiger partial charge in [0, 0.05) is 28.0 Å². The van der Waals surface area contributed by atoms with Crippen molar-refractivity contribution in [2.45, 2.75) is 19.4 Å². The van der Waals surface area contributed by atoms with Gasteiger partial charge in [0.25, 0.3) is 5.91 Å². The smallest absolute Gasteiger partial charge is 0.267 e. The highest BCUT2D eigenvalue weighted by molar-refractivity contribution is 6.31. The lowest BCUT2D eigenvalue weighted by molar-refractivity contribution is 0.0942. The lowest BCUT2D eigenvalue weighted by Gasteiger charge is -2.18. The Morgan fingerprint density at radius 1 is 1.44 bits per heavy atom. The zero-order valence-electron chi connectivity index (χ0n) is 10.4. The number of aromatic amines is 1. The molecule has 0 saturated carbocycles. The lowest BCUT2D eigenvalue weighted by Crippen LogP contribution is -2.45. The summed E-state index contributed by atoms with van der Waals surface area (Å²) in [6, 6.07) is 7.23. The third-order valence-corrected chi connectivity index (χ3v) is 2.77. The number of nitrogens with one attached hydrogen (secondary N) is 2. The summed E-state index contributed by atoms with van der Waals surface area (Å²) >= 11 is 5.90. The zero-order chi connectivity index (χ0) is 13.3. The summed E-state index contributed by atoms with van der Waals surface area (Å²) in [6.07, 6.45) is 0. The summed E-state index contributed by atoms with van der Waals surface area (Å²) in [6.45, 7) is 4.14. The molecule has 4 nitrogen and oxygen atoms in total. The summed E-state index contributed by atoms with van der Waals surface area (Å²) in [4.78, 5) is 15.0. The topological polar surface area (TPSA) is 70.9 Å². The summed E-state index contributed by atoms with van der Waals surface area (Å²) in [5, 5.41) is 4.35. The number of H-pyrrole nitrogens is 1. The van der Waals surface area contributed by atoms with Crippen LogP contribution in [0.1, 0.15) is 24.3 Å². The summed E-state index contributed by atoms with van der Waals surface area (Å²) in [7, 11) is 0. The van der Waals surface area contributed by atoms with Gasteiger partial charge in [-0.15, -0.1) is 0 Å². The van der Waals surface area contributed by atoms with E-state index in [9.17, 15) is 4.79 Å². The first-order valence-electron chi connectivity index (χ1n) is 5.70. The Balaban J connectivity index is 2.18. The predicted molar refractivity (Wildman–Crippen MR) is 73.9 cm³/mol. The molecule has 0 atom stereocenters. The third kappa shape index (κ3) is 3.03. The standard InChI is InChI=1S/C13H16ClN3O/c1-13(2,15)7-16-12(18)11-6-8-5-9(14)3-4-10(8)17-11/h3-6,17H,7,15H2,1-2H3,(H,16,18). The van der Waals surface area contributed by atoms with E-state index in [1.807, 2.05) is 26.0 Å². The van der Waals surface area contributed by atoms with Crippen molar-refractivity contribution in [1.82, 2.24) is 10.3 Å². The van der Waals surface area contributed by atoms with Gasteiger partial charge in [-0.05, 0) is 38.1 Å². The molecule has 2 aromatic rings. The molecule has 0 unspecified atom stereocenters. The van der Waals surface area contributed by atoms with Gasteiger partial charge in [-0.2, -0.15) is 0 Å². The Morgan fingerprint density at radius 2 is 2.17 bits per heavy atom. The summed E-state index contributed by atoms with van der Waals surface area (Å²) < 4.78 is 0. The molecule has 0 aliphatic heterocycles. The van der Waals surface area contributed by atoms with Crippen LogP contribution in [-0.2, 0) is 0 Å². The Bertz CT molecular complexity index is 583. The van der Waals surface area contributed by atoms with Crippen LogP contribution in [0.3, 0.4) is 0 Å². The van der Waals surface area contributed by atoms with E-state index in [2.05, 4.69) is 10.3 Å². The molecule has 0 aliphatic carbocycles. The van der Waals surface area contributed by atoms with E-state index in [1.165, 1.54) is 0 Å². The molecule has 4 N–H and O–H groups in total. The third-order valence-electron chi connectivity index (χ3n) is 2.53. The highest BCUT2D eigenvalue weighted by atomic mass is 35.5. The molecule has 0 aliphatic rings. The van der Waals surface area contributed by atoms with Gasteiger partial charge >= 0.3 is 0 Å². The second-order valence-corrected chi connectivity index (χ2v) is 5.52. The molecule has 5 heteroatoms. The fourth-order valence-electron chi connectivity index (χ4n) is 1.63. The maximum absolute atomic E-state index is 11.9. The number of fused-ring (bicyclic) bond motifs is 1. The van der Waals surface area contributed by atoms with Crippen LogP contribution in [0.5, 0.6) is 0 Å². The van der Waals surface area contributed by atoms with Crippen molar-refractivity contribution in [3.63, 3.8) is 0 Å². The van der Waals surface area contributed by atoms with E-state index in [0.29, 0.717) is 17.3 Å². The average molecular weight is 266 g/mol. The van der Waals surface area contributed by atoms with Crippen LogP contribution in [0.25, 0.3) is 10.9 Å². The second kappa shape index (κ2) is 4.63. The molecule has 0 saturated heterocycles. The molecule has 1 heterocycles. The van der Waals surface area contributed by atoms with Crippen molar-refractivity contribution in [2.75, 3.05) is 6.54 Å². The van der Waals surface area contributed by atoms with Crippen molar-refractivity contribution < 1.29 is 4.79 Å². The van der Waals surface area contributed by atoms with Crippen LogP contribution in [0.15, 0.2) is 24.3 Å². The first-order chi connectivity index (χ1) is 8.35. The highest BCUT2D eigenvalue weighted by Crippen LogP contribution is 2.20. The molecule has 0 fully saturated rings. The van der Waals surface area contributed by atoms with Gasteiger partial charge in [-0.3, -0.25) is 4.79 Å². The molecule has 0 spiro atoms. The van der Waals surface area contributed by atoms with Gasteiger partial charge in [0.1, 0.15) is 5.69 Å². The van der Waals surface area contributed by atoms with Gasteiger partial charge in [0.05, 0.1) is 0 Å². The molecule has 1 amide bonds. The highest BCUT2D eigenvalue weighted by Gasteiger charge is 2.14. The second-order valence-electron chi connectivity index (χ2n) is 5.09. The minimum Gasteiger partial charge on any atom is -0.351 e. The summed E-state index contributed by atoms with van der Waals surface area (Å²) in [5.41, 5.74) is 6.79. The van der Waals surface area contributed by atoms with Crippen molar-refractivity contribution >= 4 is 28.4 Å². The largest absolute Gasteiger partial charge is 0.351 e. The number of hydrogen-bond acceptors (Lipinski definition) is 2. The van der Waals surface area contributed by atoms with E-state index in [0.717, 1.165) is 10.9 Å². The molecule has 18 heavy (non-hydrogen) atoms. The SMILES string of the molecule is CC(C)(N)CNC(=O)c1cc2cc(Cl)ccc2[nH]1. The van der Waals surface area contributed by atoms with Crippen molar-refractivity contribution in [3.8, 4) is 0 Å². The molecule has 1 aromatic carbocycles. The first kappa shape index (κ1) is 12.9. The first-order valence-corrected chi connectivity index (χ1v) is 6.08. The van der Waals surface area contributed by atoms with Gasteiger partial charge < -0.3 is 16.0 Å².